The predicted molar refractivity (Wildman–Crippen MR) is 100 cm³/mol. The minimum absolute atomic E-state index is 0.212. The van der Waals surface area contributed by atoms with Gasteiger partial charge in [0.05, 0.1) is 12.5 Å². The molecule has 0 aromatic heterocycles. The van der Waals surface area contributed by atoms with Crippen molar-refractivity contribution in [2.45, 2.75) is 19.3 Å². The van der Waals surface area contributed by atoms with Crippen LogP contribution in [0.1, 0.15) is 35.2 Å². The van der Waals surface area contributed by atoms with Gasteiger partial charge < -0.3 is 9.47 Å². The molecule has 2 aromatic carbocycles. The molecule has 28 heavy (non-hydrogen) atoms. The van der Waals surface area contributed by atoms with E-state index in [0.29, 0.717) is 11.3 Å². The zero-order valence-electron chi connectivity index (χ0n) is 15.1. The summed E-state index contributed by atoms with van der Waals surface area (Å²) in [5, 5.41) is 0. The van der Waals surface area contributed by atoms with Crippen LogP contribution in [0.25, 0.3) is 0 Å². The van der Waals surface area contributed by atoms with Gasteiger partial charge >= 0.3 is 11.9 Å². The maximum absolute atomic E-state index is 13.6. The second kappa shape index (κ2) is 6.24. The van der Waals surface area contributed by atoms with Crippen molar-refractivity contribution in [3.63, 3.8) is 0 Å². The monoisotopic (exact) mass is 446 g/mol. The first-order valence-corrected chi connectivity index (χ1v) is 9.54. The number of methoxy groups -OCH3 is 1. The summed E-state index contributed by atoms with van der Waals surface area (Å²) in [5.41, 5.74) is -2.29. The van der Waals surface area contributed by atoms with E-state index >= 15 is 0 Å². The highest BCUT2D eigenvalue weighted by atomic mass is 79.9. The first-order valence-electron chi connectivity index (χ1n) is 8.75. The van der Waals surface area contributed by atoms with Gasteiger partial charge in [0.15, 0.2) is 11.2 Å². The Morgan fingerprint density at radius 3 is 2.50 bits per heavy atom. The highest BCUT2D eigenvalue weighted by Crippen LogP contribution is 2.80. The van der Waals surface area contributed by atoms with Crippen LogP contribution < -0.4 is 4.74 Å². The van der Waals surface area contributed by atoms with Crippen LogP contribution in [0.5, 0.6) is 5.75 Å². The van der Waals surface area contributed by atoms with Crippen LogP contribution in [0.15, 0.2) is 46.9 Å². The molecule has 2 aromatic rings. The minimum Gasteiger partial charge on any atom is -0.468 e. The third-order valence-electron chi connectivity index (χ3n) is 5.93. The van der Waals surface area contributed by atoms with Gasteiger partial charge in [-0.05, 0) is 48.9 Å². The number of ether oxygens (including phenoxy) is 2. The Kier molecular flexibility index (Phi) is 4.19. The molecule has 3 atom stereocenters. The Morgan fingerprint density at radius 2 is 1.89 bits per heavy atom. The summed E-state index contributed by atoms with van der Waals surface area (Å²) < 4.78 is 24.5. The quantitative estimate of drug-likeness (QED) is 0.306. The third kappa shape index (κ3) is 2.13. The lowest BCUT2D eigenvalue weighted by Gasteiger charge is -2.22. The SMILES string of the molecule is CC[C@]1(C(=O)c2ccc(F)cc2)[C@@H]2c3cc(Br)ccc3OC(=O)[C@]21C(=O)OC. The van der Waals surface area contributed by atoms with Gasteiger partial charge in [-0.2, -0.15) is 0 Å². The summed E-state index contributed by atoms with van der Waals surface area (Å²) in [6.07, 6.45) is 0.212. The van der Waals surface area contributed by atoms with Gasteiger partial charge in [-0.25, -0.2) is 4.39 Å². The van der Waals surface area contributed by atoms with Gasteiger partial charge in [0.1, 0.15) is 11.6 Å². The van der Waals surface area contributed by atoms with E-state index < -0.39 is 40.3 Å². The topological polar surface area (TPSA) is 69.7 Å². The number of hydrogen-bond donors (Lipinski definition) is 0. The molecule has 2 aliphatic rings. The molecule has 0 saturated heterocycles. The number of carbonyl (C=O) groups excluding carboxylic acids is 3. The van der Waals surface area contributed by atoms with E-state index in [4.69, 9.17) is 9.47 Å². The van der Waals surface area contributed by atoms with Crippen molar-refractivity contribution in [2.24, 2.45) is 10.8 Å². The van der Waals surface area contributed by atoms with Gasteiger partial charge in [-0.3, -0.25) is 14.4 Å². The highest BCUT2D eigenvalue weighted by Gasteiger charge is 2.90. The van der Waals surface area contributed by atoms with Crippen LogP contribution in [0.3, 0.4) is 0 Å². The summed E-state index contributed by atoms with van der Waals surface area (Å²) in [6, 6.07) is 10.2. The molecule has 0 amide bonds. The summed E-state index contributed by atoms with van der Waals surface area (Å²) in [7, 11) is 1.18. The van der Waals surface area contributed by atoms with Crippen molar-refractivity contribution in [2.75, 3.05) is 7.11 Å². The lowest BCUT2D eigenvalue weighted by Crippen LogP contribution is -2.40. The summed E-state index contributed by atoms with van der Waals surface area (Å²) >= 11 is 3.39. The molecule has 0 N–H and O–H groups in total. The van der Waals surface area contributed by atoms with Crippen molar-refractivity contribution in [3.05, 3.63) is 63.9 Å². The number of fused-ring (bicyclic) bond motifs is 3. The predicted octanol–water partition coefficient (Wildman–Crippen LogP) is 4.04. The Labute approximate surface area is 169 Å². The first kappa shape index (κ1) is 18.8. The number of rotatable bonds is 4. The number of esters is 2. The van der Waals surface area contributed by atoms with Gasteiger partial charge in [-0.15, -0.1) is 0 Å². The van der Waals surface area contributed by atoms with E-state index in [-0.39, 0.29) is 12.0 Å². The fourth-order valence-corrected chi connectivity index (χ4v) is 5.09. The molecule has 0 radical (unpaired) electrons. The Hall–Kier alpha value is -2.54. The van der Waals surface area contributed by atoms with Crippen LogP contribution in [0.4, 0.5) is 4.39 Å². The van der Waals surface area contributed by atoms with Crippen molar-refractivity contribution in [1.82, 2.24) is 0 Å². The average Bonchev–Trinajstić information content (AvgIpc) is 3.35. The number of ketones is 1. The van der Waals surface area contributed by atoms with E-state index in [1.165, 1.54) is 31.4 Å². The number of carbonyl (C=O) groups is 3. The van der Waals surface area contributed by atoms with Gasteiger partial charge in [-0.1, -0.05) is 22.9 Å². The summed E-state index contributed by atoms with van der Waals surface area (Å²) in [6.45, 7) is 1.75. The normalized spacial score (nSPS) is 27.3. The largest absolute Gasteiger partial charge is 0.468 e. The first-order chi connectivity index (χ1) is 13.3. The standard InChI is InChI=1S/C21H16BrFO5/c1-3-20(17(24)11-4-7-13(23)8-5-11)16-14-10-12(22)6-9-15(14)28-19(26)21(16,20)18(25)27-2/h4-10,16H,3H2,1-2H3/t16-,20+,21+/m0/s1. The van der Waals surface area contributed by atoms with Gasteiger partial charge in [0.2, 0.25) is 0 Å². The smallest absolute Gasteiger partial charge is 0.330 e. The van der Waals surface area contributed by atoms with Crippen molar-refractivity contribution < 1.29 is 28.2 Å². The van der Waals surface area contributed by atoms with Crippen LogP contribution >= 0.6 is 15.9 Å². The third-order valence-corrected chi connectivity index (χ3v) is 6.42. The number of benzene rings is 2. The maximum atomic E-state index is 13.6. The molecule has 144 valence electrons. The molecule has 0 bridgehead atoms. The molecule has 5 nitrogen and oxygen atoms in total. The molecule has 1 aliphatic heterocycles. The summed E-state index contributed by atoms with van der Waals surface area (Å²) in [4.78, 5) is 39.4. The van der Waals surface area contributed by atoms with Crippen LogP contribution in [0.2, 0.25) is 0 Å². The molecule has 1 saturated carbocycles. The molecule has 0 spiro atoms. The number of Topliss-reactive ketones (excluding diaryl/α,β-unsaturated/α-hetero) is 1. The van der Waals surface area contributed by atoms with Crippen LogP contribution in [-0.4, -0.2) is 24.8 Å². The second-order valence-electron chi connectivity index (χ2n) is 6.97. The molecule has 4 rings (SSSR count). The zero-order valence-corrected chi connectivity index (χ0v) is 16.7. The van der Waals surface area contributed by atoms with Crippen LogP contribution in [0, 0.1) is 16.6 Å². The van der Waals surface area contributed by atoms with Gasteiger partial charge in [0, 0.05) is 21.5 Å². The highest BCUT2D eigenvalue weighted by molar-refractivity contribution is 9.10. The molecule has 1 aliphatic carbocycles. The van der Waals surface area contributed by atoms with E-state index in [9.17, 15) is 18.8 Å². The lowest BCUT2D eigenvalue weighted by molar-refractivity contribution is -0.160. The lowest BCUT2D eigenvalue weighted by atomic mass is 9.83. The van der Waals surface area contributed by atoms with Crippen molar-refractivity contribution in [1.29, 1.82) is 0 Å². The van der Waals surface area contributed by atoms with Crippen molar-refractivity contribution >= 4 is 33.7 Å². The zero-order chi connectivity index (χ0) is 20.3. The Bertz CT molecular complexity index is 1020. The Balaban J connectivity index is 1.95. The fraction of sp³-hybridized carbons (Fsp3) is 0.286. The fourth-order valence-electron chi connectivity index (χ4n) is 4.71. The second-order valence-corrected chi connectivity index (χ2v) is 7.88. The molecule has 7 heteroatoms. The van der Waals surface area contributed by atoms with Gasteiger partial charge in [0.25, 0.3) is 0 Å². The summed E-state index contributed by atoms with van der Waals surface area (Å²) in [5.74, 6) is -2.88. The maximum Gasteiger partial charge on any atom is 0.330 e. The molecular weight excluding hydrogens is 431 g/mol. The van der Waals surface area contributed by atoms with Crippen LogP contribution in [-0.2, 0) is 14.3 Å². The number of halogens is 2. The number of hydrogen-bond acceptors (Lipinski definition) is 5. The average molecular weight is 447 g/mol. The minimum atomic E-state index is -1.75. The van der Waals surface area contributed by atoms with E-state index in [1.54, 1.807) is 25.1 Å². The molecular formula is C21H16BrFO5. The van der Waals surface area contributed by atoms with E-state index in [0.717, 1.165) is 4.47 Å². The van der Waals surface area contributed by atoms with Crippen molar-refractivity contribution in [3.8, 4) is 5.75 Å². The molecule has 0 unspecified atom stereocenters. The molecule has 1 fully saturated rings. The Morgan fingerprint density at radius 1 is 1.21 bits per heavy atom. The van der Waals surface area contributed by atoms with E-state index in [1.807, 2.05) is 0 Å². The van der Waals surface area contributed by atoms with E-state index in [2.05, 4.69) is 15.9 Å². The molecule has 1 heterocycles.